The molecule has 7 nitrogen and oxygen atoms in total. The van der Waals surface area contributed by atoms with Crippen molar-refractivity contribution in [2.75, 3.05) is 11.1 Å². The topological polar surface area (TPSA) is 106 Å². The molecule has 1 saturated carbocycles. The average molecular weight is 447 g/mol. The molecule has 0 saturated heterocycles. The summed E-state index contributed by atoms with van der Waals surface area (Å²) in [4.78, 5) is 25.2. The van der Waals surface area contributed by atoms with Crippen LogP contribution in [0, 0.1) is 11.8 Å². The van der Waals surface area contributed by atoms with Crippen molar-refractivity contribution in [2.24, 2.45) is 0 Å². The van der Waals surface area contributed by atoms with Crippen molar-refractivity contribution in [3.63, 3.8) is 0 Å². The quantitative estimate of drug-likeness (QED) is 0.398. The summed E-state index contributed by atoms with van der Waals surface area (Å²) in [5, 5.41) is 6.13. The number of benzene rings is 2. The number of amides is 1. The SMILES string of the molecule is Nc1nc(Nc2ccc(C#Cc3cc(C(=O)NC4CC4)ccn3)cc2)ncc1-c1ccccc1. The van der Waals surface area contributed by atoms with E-state index >= 15 is 0 Å². The minimum atomic E-state index is -0.0805. The van der Waals surface area contributed by atoms with Crippen LogP contribution in [0.1, 0.15) is 34.5 Å². The van der Waals surface area contributed by atoms with Crippen LogP contribution in [0.25, 0.3) is 11.1 Å². The molecule has 1 aliphatic rings. The van der Waals surface area contributed by atoms with Crippen molar-refractivity contribution in [1.29, 1.82) is 0 Å². The number of aromatic nitrogens is 3. The smallest absolute Gasteiger partial charge is 0.251 e. The highest BCUT2D eigenvalue weighted by atomic mass is 16.1. The monoisotopic (exact) mass is 446 g/mol. The number of nitrogens with one attached hydrogen (secondary N) is 2. The molecule has 1 aliphatic carbocycles. The molecule has 1 amide bonds. The number of nitrogens with zero attached hydrogens (tertiary/aromatic N) is 3. The van der Waals surface area contributed by atoms with Crippen molar-refractivity contribution in [3.05, 3.63) is 95.9 Å². The number of anilines is 3. The Labute approximate surface area is 197 Å². The predicted octanol–water partition coefficient (Wildman–Crippen LogP) is 4.16. The zero-order chi connectivity index (χ0) is 23.3. The van der Waals surface area contributed by atoms with Crippen LogP contribution in [0.5, 0.6) is 0 Å². The molecule has 0 aliphatic heterocycles. The van der Waals surface area contributed by atoms with Crippen molar-refractivity contribution in [2.45, 2.75) is 18.9 Å². The largest absolute Gasteiger partial charge is 0.383 e. The lowest BCUT2D eigenvalue weighted by Crippen LogP contribution is -2.25. The third kappa shape index (κ3) is 5.19. The lowest BCUT2D eigenvalue weighted by Gasteiger charge is -2.08. The Balaban J connectivity index is 1.25. The van der Waals surface area contributed by atoms with E-state index in [0.717, 1.165) is 35.2 Å². The zero-order valence-corrected chi connectivity index (χ0v) is 18.3. The number of hydrogen-bond acceptors (Lipinski definition) is 6. The van der Waals surface area contributed by atoms with E-state index in [2.05, 4.69) is 37.4 Å². The molecule has 0 spiro atoms. The molecule has 4 aromatic rings. The Hall–Kier alpha value is -4.70. The second kappa shape index (κ2) is 9.43. The zero-order valence-electron chi connectivity index (χ0n) is 18.3. The number of carbonyl (C=O) groups is 1. The Bertz CT molecular complexity index is 1390. The summed E-state index contributed by atoms with van der Waals surface area (Å²) in [6.07, 6.45) is 5.42. The predicted molar refractivity (Wildman–Crippen MR) is 132 cm³/mol. The molecule has 34 heavy (non-hydrogen) atoms. The summed E-state index contributed by atoms with van der Waals surface area (Å²) in [7, 11) is 0. The maximum absolute atomic E-state index is 12.2. The number of pyridine rings is 1. The standard InChI is InChI=1S/C27H22N6O/c28-25-24(19-4-2-1-3-5-19)17-30-27(33-25)32-22-9-6-18(7-10-22)8-11-23-16-20(14-15-29-23)26(34)31-21-12-13-21/h1-7,9-10,14-17,21H,12-13H2,(H,31,34)(H3,28,30,32,33). The molecule has 1 fully saturated rings. The maximum Gasteiger partial charge on any atom is 0.251 e. The highest BCUT2D eigenvalue weighted by Gasteiger charge is 2.23. The fraction of sp³-hybridized carbons (Fsp3) is 0.111. The highest BCUT2D eigenvalue weighted by Crippen LogP contribution is 2.25. The van der Waals surface area contributed by atoms with Crippen molar-refractivity contribution in [1.82, 2.24) is 20.3 Å². The molecule has 0 bridgehead atoms. The van der Waals surface area contributed by atoms with Gasteiger partial charge in [0, 0.05) is 40.8 Å². The van der Waals surface area contributed by atoms with Crippen LogP contribution in [0.15, 0.2) is 79.1 Å². The summed E-state index contributed by atoms with van der Waals surface area (Å²) < 4.78 is 0. The van der Waals surface area contributed by atoms with Gasteiger partial charge >= 0.3 is 0 Å². The number of nitrogens with two attached hydrogens (primary N) is 1. The van der Waals surface area contributed by atoms with E-state index in [9.17, 15) is 4.79 Å². The summed E-state index contributed by atoms with van der Waals surface area (Å²) in [6.45, 7) is 0. The first-order valence-corrected chi connectivity index (χ1v) is 11.0. The summed E-state index contributed by atoms with van der Waals surface area (Å²) >= 11 is 0. The van der Waals surface area contributed by atoms with Crippen LogP contribution in [0.4, 0.5) is 17.5 Å². The van der Waals surface area contributed by atoms with E-state index in [-0.39, 0.29) is 5.91 Å². The molecule has 0 atom stereocenters. The molecule has 4 N–H and O–H groups in total. The van der Waals surface area contributed by atoms with Gasteiger partial charge in [-0.05, 0) is 60.7 Å². The van der Waals surface area contributed by atoms with Crippen LogP contribution in [0.2, 0.25) is 0 Å². The number of rotatable bonds is 5. The van der Waals surface area contributed by atoms with E-state index in [4.69, 9.17) is 5.73 Å². The van der Waals surface area contributed by atoms with Crippen LogP contribution >= 0.6 is 0 Å². The molecule has 7 heteroatoms. The molecule has 0 unspecified atom stereocenters. The van der Waals surface area contributed by atoms with Crippen molar-refractivity contribution in [3.8, 4) is 23.0 Å². The number of nitrogen functional groups attached to an aromatic ring is 1. The summed E-state index contributed by atoms with van der Waals surface area (Å²) in [6, 6.07) is 21.1. The van der Waals surface area contributed by atoms with Gasteiger partial charge in [-0.2, -0.15) is 4.98 Å². The minimum absolute atomic E-state index is 0.0805. The maximum atomic E-state index is 12.2. The van der Waals surface area contributed by atoms with Gasteiger partial charge in [0.2, 0.25) is 5.95 Å². The molecule has 5 rings (SSSR count). The van der Waals surface area contributed by atoms with Gasteiger partial charge in [-0.15, -0.1) is 0 Å². The van der Waals surface area contributed by atoms with Gasteiger partial charge in [0.1, 0.15) is 11.5 Å². The highest BCUT2D eigenvalue weighted by molar-refractivity contribution is 5.94. The van der Waals surface area contributed by atoms with Crippen LogP contribution in [0.3, 0.4) is 0 Å². The van der Waals surface area contributed by atoms with Gasteiger partial charge in [0.15, 0.2) is 0 Å². The van der Waals surface area contributed by atoms with Crippen LogP contribution < -0.4 is 16.4 Å². The fourth-order valence-corrected chi connectivity index (χ4v) is 3.33. The van der Waals surface area contributed by atoms with E-state index < -0.39 is 0 Å². The summed E-state index contributed by atoms with van der Waals surface area (Å²) in [5.74, 6) is 6.85. The summed E-state index contributed by atoms with van der Waals surface area (Å²) in [5.41, 5.74) is 10.7. The molecule has 2 heterocycles. The van der Waals surface area contributed by atoms with Gasteiger partial charge in [0.05, 0.1) is 0 Å². The van der Waals surface area contributed by atoms with Crippen molar-refractivity contribution >= 4 is 23.4 Å². The van der Waals surface area contributed by atoms with E-state index in [0.29, 0.717) is 29.1 Å². The molecule has 166 valence electrons. The minimum Gasteiger partial charge on any atom is -0.383 e. The number of carbonyl (C=O) groups excluding carboxylic acids is 1. The average Bonchev–Trinajstić information content (AvgIpc) is 3.68. The molecular weight excluding hydrogens is 424 g/mol. The first kappa shape index (κ1) is 21.2. The first-order valence-electron chi connectivity index (χ1n) is 11.0. The fourth-order valence-electron chi connectivity index (χ4n) is 3.33. The van der Waals surface area contributed by atoms with E-state index in [1.54, 1.807) is 24.5 Å². The molecule has 2 aromatic carbocycles. The second-order valence-electron chi connectivity index (χ2n) is 7.99. The first-order chi connectivity index (χ1) is 16.6. The lowest BCUT2D eigenvalue weighted by atomic mass is 10.1. The Morgan fingerprint density at radius 2 is 1.76 bits per heavy atom. The normalized spacial score (nSPS) is 12.4. The van der Waals surface area contributed by atoms with E-state index in [1.165, 1.54) is 0 Å². The third-order valence-electron chi connectivity index (χ3n) is 5.31. The second-order valence-corrected chi connectivity index (χ2v) is 7.99. The van der Waals surface area contributed by atoms with Crippen LogP contribution in [-0.2, 0) is 0 Å². The Kier molecular flexibility index (Phi) is 5.87. The van der Waals surface area contributed by atoms with Gasteiger partial charge in [-0.3, -0.25) is 4.79 Å². The molecule has 2 aromatic heterocycles. The van der Waals surface area contributed by atoms with Gasteiger partial charge in [-0.25, -0.2) is 9.97 Å². The lowest BCUT2D eigenvalue weighted by molar-refractivity contribution is 0.0951. The van der Waals surface area contributed by atoms with Crippen LogP contribution in [-0.4, -0.2) is 26.9 Å². The Morgan fingerprint density at radius 3 is 2.50 bits per heavy atom. The Morgan fingerprint density at radius 1 is 0.971 bits per heavy atom. The molecule has 0 radical (unpaired) electrons. The molecular formula is C27H22N6O. The van der Waals surface area contributed by atoms with Gasteiger partial charge in [-0.1, -0.05) is 36.3 Å². The van der Waals surface area contributed by atoms with E-state index in [1.807, 2.05) is 54.6 Å². The van der Waals surface area contributed by atoms with Gasteiger partial charge in [0.25, 0.3) is 5.91 Å². The van der Waals surface area contributed by atoms with Crippen molar-refractivity contribution < 1.29 is 4.79 Å². The third-order valence-corrected chi connectivity index (χ3v) is 5.31. The van der Waals surface area contributed by atoms with Gasteiger partial charge < -0.3 is 16.4 Å². The number of hydrogen-bond donors (Lipinski definition) is 3.